The van der Waals surface area contributed by atoms with Gasteiger partial charge in [0.15, 0.2) is 0 Å². The van der Waals surface area contributed by atoms with Crippen molar-refractivity contribution in [2.24, 2.45) is 0 Å². The Bertz CT molecular complexity index is 565. The molecule has 0 spiro atoms. The van der Waals surface area contributed by atoms with Gasteiger partial charge in [0.05, 0.1) is 6.10 Å². The van der Waals surface area contributed by atoms with Crippen molar-refractivity contribution in [1.82, 2.24) is 0 Å². The minimum absolute atomic E-state index is 0.492. The first kappa shape index (κ1) is 14.1. The number of halogens is 2. The normalized spacial score (nSPS) is 12.7. The van der Waals surface area contributed by atoms with E-state index in [0.29, 0.717) is 11.4 Å². The first-order valence-corrected chi connectivity index (χ1v) is 7.65. The number of hydrogen-bond acceptors (Lipinski definition) is 2. The summed E-state index contributed by atoms with van der Waals surface area (Å²) in [6, 6.07) is 7.80. The minimum atomic E-state index is -0.492. The zero-order valence-electron chi connectivity index (χ0n) is 10.2. The van der Waals surface area contributed by atoms with Crippen LogP contribution in [0.5, 0.6) is 0 Å². The molecule has 0 aliphatic carbocycles. The predicted octanol–water partition coefficient (Wildman–Crippen LogP) is 5.06. The van der Waals surface area contributed by atoms with Gasteiger partial charge >= 0.3 is 0 Å². The average molecular weight is 346 g/mol. The Morgan fingerprint density at radius 3 is 2.61 bits per heavy atom. The van der Waals surface area contributed by atoms with Gasteiger partial charge in [-0.3, -0.25) is 0 Å². The summed E-state index contributed by atoms with van der Waals surface area (Å²) in [5, 5.41) is 11.0. The predicted molar refractivity (Wildman–Crippen MR) is 81.6 cm³/mol. The lowest BCUT2D eigenvalue weighted by Gasteiger charge is -2.12. The Labute approximate surface area is 125 Å². The molecule has 0 saturated heterocycles. The zero-order valence-corrected chi connectivity index (χ0v) is 13.4. The van der Waals surface area contributed by atoms with Gasteiger partial charge in [-0.1, -0.05) is 33.6 Å². The third-order valence-electron chi connectivity index (χ3n) is 2.87. The molecule has 1 N–H and O–H groups in total. The molecule has 18 heavy (non-hydrogen) atoms. The summed E-state index contributed by atoms with van der Waals surface area (Å²) >= 11 is 11.3. The van der Waals surface area contributed by atoms with E-state index in [1.54, 1.807) is 11.3 Å². The van der Waals surface area contributed by atoms with Crippen LogP contribution in [0.15, 0.2) is 28.7 Å². The van der Waals surface area contributed by atoms with Crippen LogP contribution in [0.2, 0.25) is 5.02 Å². The van der Waals surface area contributed by atoms with Crippen LogP contribution in [-0.2, 0) is 6.42 Å². The molecule has 0 aliphatic rings. The lowest BCUT2D eigenvalue weighted by Crippen LogP contribution is -2.02. The van der Waals surface area contributed by atoms with Gasteiger partial charge in [0.25, 0.3) is 0 Å². The maximum atomic E-state index is 10.3. The second-order valence-corrected chi connectivity index (χ2v) is 7.11. The number of thiophene rings is 1. The molecule has 4 heteroatoms. The Kier molecular flexibility index (Phi) is 4.49. The summed E-state index contributed by atoms with van der Waals surface area (Å²) in [4.78, 5) is 2.40. The Morgan fingerprint density at radius 1 is 1.33 bits per heavy atom. The number of benzene rings is 1. The van der Waals surface area contributed by atoms with Crippen LogP contribution in [0.3, 0.4) is 0 Å². The van der Waals surface area contributed by atoms with Crippen molar-refractivity contribution in [2.75, 3.05) is 0 Å². The van der Waals surface area contributed by atoms with Crippen molar-refractivity contribution in [2.45, 2.75) is 26.4 Å². The third-order valence-corrected chi connectivity index (χ3v) is 4.69. The van der Waals surface area contributed by atoms with Crippen LogP contribution in [0.4, 0.5) is 0 Å². The molecule has 0 saturated carbocycles. The molecule has 0 radical (unpaired) electrons. The van der Waals surface area contributed by atoms with E-state index in [1.807, 2.05) is 25.1 Å². The molecule has 1 aromatic carbocycles. The molecule has 2 rings (SSSR count). The number of aliphatic hydroxyl groups excluding tert-OH is 1. The highest BCUT2D eigenvalue weighted by Crippen LogP contribution is 2.31. The molecule has 1 unspecified atom stereocenters. The molecule has 1 aromatic heterocycles. The fourth-order valence-electron chi connectivity index (χ4n) is 1.99. The quantitative estimate of drug-likeness (QED) is 0.824. The molecule has 0 aliphatic heterocycles. The van der Waals surface area contributed by atoms with E-state index in [-0.39, 0.29) is 0 Å². The fourth-order valence-corrected chi connectivity index (χ4v) is 3.72. The number of aryl methyl sites for hydroxylation is 2. The maximum absolute atomic E-state index is 10.3. The molecular formula is C14H14BrClOS. The van der Waals surface area contributed by atoms with Crippen LogP contribution in [0, 0.1) is 13.8 Å². The van der Waals surface area contributed by atoms with Crippen LogP contribution in [0.1, 0.15) is 27.0 Å². The van der Waals surface area contributed by atoms with E-state index < -0.39 is 6.10 Å². The maximum Gasteiger partial charge on any atom is 0.0841 e. The SMILES string of the molecule is Cc1cc(C(O)Cc2ccc(Br)cc2Cl)c(C)s1. The second-order valence-electron chi connectivity index (χ2n) is 4.32. The Hall–Kier alpha value is -0.350. The van der Waals surface area contributed by atoms with Crippen molar-refractivity contribution in [3.63, 3.8) is 0 Å². The summed E-state index contributed by atoms with van der Waals surface area (Å²) < 4.78 is 0.952. The molecule has 1 heterocycles. The summed E-state index contributed by atoms with van der Waals surface area (Å²) in [5.41, 5.74) is 1.98. The topological polar surface area (TPSA) is 20.2 Å². The van der Waals surface area contributed by atoms with E-state index in [2.05, 4.69) is 28.9 Å². The second kappa shape index (κ2) is 5.74. The van der Waals surface area contributed by atoms with E-state index >= 15 is 0 Å². The number of aliphatic hydroxyl groups is 1. The first-order chi connectivity index (χ1) is 8.47. The van der Waals surface area contributed by atoms with Crippen LogP contribution >= 0.6 is 38.9 Å². The molecule has 0 bridgehead atoms. The van der Waals surface area contributed by atoms with Crippen molar-refractivity contribution >= 4 is 38.9 Å². The molecular weight excluding hydrogens is 332 g/mol. The molecule has 2 aromatic rings. The number of rotatable bonds is 3. The third kappa shape index (κ3) is 3.15. The Morgan fingerprint density at radius 2 is 2.06 bits per heavy atom. The summed E-state index contributed by atoms with van der Waals surface area (Å²) in [6.45, 7) is 4.10. The summed E-state index contributed by atoms with van der Waals surface area (Å²) in [7, 11) is 0. The van der Waals surface area contributed by atoms with Gasteiger partial charge < -0.3 is 5.11 Å². The highest BCUT2D eigenvalue weighted by molar-refractivity contribution is 9.10. The monoisotopic (exact) mass is 344 g/mol. The zero-order chi connectivity index (χ0) is 13.3. The van der Waals surface area contributed by atoms with Crippen LogP contribution < -0.4 is 0 Å². The van der Waals surface area contributed by atoms with Gasteiger partial charge in [-0.15, -0.1) is 11.3 Å². The summed E-state index contributed by atoms with van der Waals surface area (Å²) in [6.07, 6.45) is 0.0528. The van der Waals surface area contributed by atoms with Crippen molar-refractivity contribution < 1.29 is 5.11 Å². The lowest BCUT2D eigenvalue weighted by molar-refractivity contribution is 0.178. The highest BCUT2D eigenvalue weighted by Gasteiger charge is 2.15. The van der Waals surface area contributed by atoms with E-state index in [9.17, 15) is 5.11 Å². The minimum Gasteiger partial charge on any atom is -0.388 e. The first-order valence-electron chi connectivity index (χ1n) is 5.66. The van der Waals surface area contributed by atoms with Gasteiger partial charge in [0.1, 0.15) is 0 Å². The molecule has 1 nitrogen and oxygen atoms in total. The lowest BCUT2D eigenvalue weighted by atomic mass is 10.0. The smallest absolute Gasteiger partial charge is 0.0841 e. The van der Waals surface area contributed by atoms with Crippen LogP contribution in [-0.4, -0.2) is 5.11 Å². The van der Waals surface area contributed by atoms with Crippen LogP contribution in [0.25, 0.3) is 0 Å². The van der Waals surface area contributed by atoms with Gasteiger partial charge in [-0.2, -0.15) is 0 Å². The van der Waals surface area contributed by atoms with Gasteiger partial charge in [-0.05, 0) is 43.2 Å². The molecule has 0 fully saturated rings. The number of hydrogen-bond donors (Lipinski definition) is 1. The van der Waals surface area contributed by atoms with Crippen molar-refractivity contribution in [3.05, 3.63) is 54.6 Å². The highest BCUT2D eigenvalue weighted by atomic mass is 79.9. The van der Waals surface area contributed by atoms with Crippen molar-refractivity contribution in [3.8, 4) is 0 Å². The van der Waals surface area contributed by atoms with E-state index in [0.717, 1.165) is 15.6 Å². The average Bonchev–Trinajstić information content (AvgIpc) is 2.62. The molecule has 0 amide bonds. The van der Waals surface area contributed by atoms with Gasteiger partial charge in [0, 0.05) is 25.7 Å². The van der Waals surface area contributed by atoms with Gasteiger partial charge in [0.2, 0.25) is 0 Å². The fraction of sp³-hybridized carbons (Fsp3) is 0.286. The van der Waals surface area contributed by atoms with Crippen molar-refractivity contribution in [1.29, 1.82) is 0 Å². The van der Waals surface area contributed by atoms with E-state index in [4.69, 9.17) is 11.6 Å². The summed E-state index contributed by atoms with van der Waals surface area (Å²) in [5.74, 6) is 0. The Balaban J connectivity index is 2.21. The largest absolute Gasteiger partial charge is 0.388 e. The molecule has 1 atom stereocenters. The van der Waals surface area contributed by atoms with Gasteiger partial charge in [-0.25, -0.2) is 0 Å². The molecule has 96 valence electrons. The van der Waals surface area contributed by atoms with E-state index in [1.165, 1.54) is 9.75 Å². The standard InChI is InChI=1S/C14H14BrClOS/c1-8-5-12(9(2)18-8)14(17)6-10-3-4-11(15)7-13(10)16/h3-5,7,14,17H,6H2,1-2H3.